The molecule has 0 radical (unpaired) electrons. The topological polar surface area (TPSA) is 26.3 Å². The average molecular weight is 573 g/mol. The molecule has 2 unspecified atom stereocenters. The zero-order valence-corrected chi connectivity index (χ0v) is 27.7. The highest BCUT2D eigenvalue weighted by molar-refractivity contribution is 5.95. The lowest BCUT2D eigenvalue weighted by Gasteiger charge is -2.42. The van der Waals surface area contributed by atoms with E-state index in [4.69, 9.17) is 8.83 Å². The molecule has 0 saturated heterocycles. The van der Waals surface area contributed by atoms with Crippen molar-refractivity contribution in [3.05, 3.63) is 117 Å². The molecule has 0 amide bonds. The molecular weight excluding hydrogens is 524 g/mol. The van der Waals surface area contributed by atoms with Gasteiger partial charge in [0.05, 0.1) is 12.5 Å². The Kier molecular flexibility index (Phi) is 7.48. The van der Waals surface area contributed by atoms with Gasteiger partial charge in [0.15, 0.2) is 0 Å². The van der Waals surface area contributed by atoms with E-state index in [2.05, 4.69) is 130 Å². The third-order valence-corrected chi connectivity index (χ3v) is 10.0. The fourth-order valence-corrected chi connectivity index (χ4v) is 7.69. The SMILES string of the molecule is CC(C)c1coc(C2=Cc3cccc(C(C)C)c3C2C(C)(C)C2C(c3cc(C(C)C)co3)=Cc3cccc(C(C)C)c32)c1. The first-order valence-electron chi connectivity index (χ1n) is 16.3. The van der Waals surface area contributed by atoms with E-state index in [1.807, 2.05) is 12.5 Å². The van der Waals surface area contributed by atoms with E-state index >= 15 is 0 Å². The quantitative estimate of drug-likeness (QED) is 0.210. The highest BCUT2D eigenvalue weighted by Crippen LogP contribution is 2.63. The summed E-state index contributed by atoms with van der Waals surface area (Å²) in [5.74, 6) is 3.94. The van der Waals surface area contributed by atoms with Gasteiger partial charge >= 0.3 is 0 Å². The molecule has 2 atom stereocenters. The Hall–Kier alpha value is -3.52. The van der Waals surface area contributed by atoms with E-state index in [1.54, 1.807) is 0 Å². The lowest BCUT2D eigenvalue weighted by Crippen LogP contribution is -2.31. The number of allylic oxidation sites excluding steroid dienone is 2. The second kappa shape index (κ2) is 10.9. The number of benzene rings is 2. The van der Waals surface area contributed by atoms with Crippen molar-refractivity contribution in [2.24, 2.45) is 5.41 Å². The first kappa shape index (κ1) is 29.5. The Labute approximate surface area is 258 Å². The Morgan fingerprint density at radius 3 is 1.28 bits per heavy atom. The second-order valence-electron chi connectivity index (χ2n) is 14.7. The fraction of sp³-hybridized carbons (Fsp3) is 0.415. The monoisotopic (exact) mass is 572 g/mol. The zero-order chi connectivity index (χ0) is 30.8. The molecule has 2 nitrogen and oxygen atoms in total. The molecule has 0 aliphatic heterocycles. The summed E-state index contributed by atoms with van der Waals surface area (Å²) in [5.41, 5.74) is 13.3. The summed E-state index contributed by atoms with van der Waals surface area (Å²) in [6.45, 7) is 23.2. The van der Waals surface area contributed by atoms with Crippen molar-refractivity contribution >= 4 is 23.3 Å². The van der Waals surface area contributed by atoms with Gasteiger partial charge in [-0.1, -0.05) is 106 Å². The minimum absolute atomic E-state index is 0.145. The van der Waals surface area contributed by atoms with Crippen molar-refractivity contribution in [1.82, 2.24) is 0 Å². The van der Waals surface area contributed by atoms with Gasteiger partial charge in [-0.2, -0.15) is 0 Å². The highest BCUT2D eigenvalue weighted by Gasteiger charge is 2.50. The number of fused-ring (bicyclic) bond motifs is 2. The maximum Gasteiger partial charge on any atom is 0.130 e. The maximum atomic E-state index is 6.40. The van der Waals surface area contributed by atoms with E-state index in [9.17, 15) is 0 Å². The summed E-state index contributed by atoms with van der Waals surface area (Å²) < 4.78 is 12.8. The molecule has 4 aromatic rings. The summed E-state index contributed by atoms with van der Waals surface area (Å²) in [6.07, 6.45) is 8.74. The molecule has 2 heterocycles. The lowest BCUT2D eigenvalue weighted by molar-refractivity contribution is 0.296. The average Bonchev–Trinajstić information content (AvgIpc) is 3.74. The van der Waals surface area contributed by atoms with Gasteiger partial charge in [-0.15, -0.1) is 0 Å². The first-order chi connectivity index (χ1) is 20.4. The summed E-state index contributed by atoms with van der Waals surface area (Å²) in [6, 6.07) is 18.3. The van der Waals surface area contributed by atoms with Crippen LogP contribution in [0.1, 0.15) is 161 Å². The summed E-state index contributed by atoms with van der Waals surface area (Å²) in [7, 11) is 0. The smallest absolute Gasteiger partial charge is 0.130 e. The van der Waals surface area contributed by atoms with Crippen molar-refractivity contribution in [1.29, 1.82) is 0 Å². The minimum atomic E-state index is -0.209. The number of furan rings is 2. The van der Waals surface area contributed by atoms with Gasteiger partial charge in [0.1, 0.15) is 11.5 Å². The third kappa shape index (κ3) is 4.88. The zero-order valence-electron chi connectivity index (χ0n) is 27.7. The van der Waals surface area contributed by atoms with Gasteiger partial charge in [-0.3, -0.25) is 0 Å². The van der Waals surface area contributed by atoms with Gasteiger partial charge in [0.25, 0.3) is 0 Å². The molecule has 0 N–H and O–H groups in total. The van der Waals surface area contributed by atoms with E-state index < -0.39 is 0 Å². The van der Waals surface area contributed by atoms with Crippen LogP contribution >= 0.6 is 0 Å². The van der Waals surface area contributed by atoms with Gasteiger partial charge in [-0.25, -0.2) is 0 Å². The van der Waals surface area contributed by atoms with Crippen molar-refractivity contribution < 1.29 is 8.83 Å². The predicted octanol–water partition coefficient (Wildman–Crippen LogP) is 12.4. The molecule has 43 heavy (non-hydrogen) atoms. The van der Waals surface area contributed by atoms with E-state index in [1.165, 1.54) is 55.7 Å². The van der Waals surface area contributed by atoms with Crippen LogP contribution in [0.15, 0.2) is 69.9 Å². The number of rotatable bonds is 8. The summed E-state index contributed by atoms with van der Waals surface area (Å²) in [4.78, 5) is 0. The molecule has 0 saturated carbocycles. The summed E-state index contributed by atoms with van der Waals surface area (Å²) >= 11 is 0. The maximum absolute atomic E-state index is 6.40. The van der Waals surface area contributed by atoms with E-state index in [0.717, 1.165) is 11.5 Å². The van der Waals surface area contributed by atoms with Crippen LogP contribution in [0, 0.1) is 5.41 Å². The fourth-order valence-electron chi connectivity index (χ4n) is 7.69. The van der Waals surface area contributed by atoms with Gasteiger partial charge in [0, 0.05) is 23.0 Å². The molecule has 224 valence electrons. The van der Waals surface area contributed by atoms with Crippen LogP contribution in [0.5, 0.6) is 0 Å². The molecule has 6 rings (SSSR count). The first-order valence-corrected chi connectivity index (χ1v) is 16.3. The van der Waals surface area contributed by atoms with Crippen LogP contribution in [-0.4, -0.2) is 0 Å². The normalized spacial score (nSPS) is 18.2. The molecule has 2 aromatic carbocycles. The van der Waals surface area contributed by atoms with Gasteiger partial charge in [-0.05, 0) is 97.9 Å². The molecule has 0 bridgehead atoms. The molecule has 2 heteroatoms. The molecular formula is C41H48O2. The van der Waals surface area contributed by atoms with Crippen LogP contribution < -0.4 is 0 Å². The van der Waals surface area contributed by atoms with Crippen LogP contribution in [0.4, 0.5) is 0 Å². The highest BCUT2D eigenvalue weighted by atomic mass is 16.3. The largest absolute Gasteiger partial charge is 0.464 e. The molecule has 2 aliphatic carbocycles. The van der Waals surface area contributed by atoms with Crippen molar-refractivity contribution in [2.75, 3.05) is 0 Å². The molecule has 0 fully saturated rings. The molecule has 2 aliphatic rings. The van der Waals surface area contributed by atoms with Crippen LogP contribution in [0.3, 0.4) is 0 Å². The van der Waals surface area contributed by atoms with Crippen molar-refractivity contribution in [2.45, 2.75) is 105 Å². The molecule has 0 spiro atoms. The van der Waals surface area contributed by atoms with Crippen LogP contribution in [0.2, 0.25) is 0 Å². The predicted molar refractivity (Wildman–Crippen MR) is 182 cm³/mol. The third-order valence-electron chi connectivity index (χ3n) is 10.0. The van der Waals surface area contributed by atoms with Crippen LogP contribution in [0.25, 0.3) is 23.3 Å². The Morgan fingerprint density at radius 1 is 0.558 bits per heavy atom. The van der Waals surface area contributed by atoms with Crippen LogP contribution in [-0.2, 0) is 0 Å². The lowest BCUT2D eigenvalue weighted by atomic mass is 9.60. The van der Waals surface area contributed by atoms with Crippen molar-refractivity contribution in [3.63, 3.8) is 0 Å². The van der Waals surface area contributed by atoms with Gasteiger partial charge < -0.3 is 8.83 Å². The summed E-state index contributed by atoms with van der Waals surface area (Å²) in [5, 5.41) is 0. The Balaban J connectivity index is 1.59. The van der Waals surface area contributed by atoms with Gasteiger partial charge in [0.2, 0.25) is 0 Å². The molecule has 2 aromatic heterocycles. The number of hydrogen-bond donors (Lipinski definition) is 0. The second-order valence-corrected chi connectivity index (χ2v) is 14.7. The van der Waals surface area contributed by atoms with E-state index in [0.29, 0.717) is 23.7 Å². The minimum Gasteiger partial charge on any atom is -0.464 e. The van der Waals surface area contributed by atoms with E-state index in [-0.39, 0.29) is 17.3 Å². The Bertz CT molecular complexity index is 1590. The Morgan fingerprint density at radius 2 is 0.953 bits per heavy atom. The standard InChI is InChI=1S/C41H48O2/c1-23(2)29-19-35(42-21-29)33-17-27-13-11-15-31(25(5)6)37(27)39(33)41(9,10)40-34(36-20-30(22-43-36)24(3)4)18-28-14-12-16-32(26(7)8)38(28)40/h11-26,39-40H,1-10H3. The van der Waals surface area contributed by atoms with Crippen molar-refractivity contribution in [3.8, 4) is 0 Å². The number of hydrogen-bond acceptors (Lipinski definition) is 2.